The normalized spacial score (nSPS) is 12.7. The van der Waals surface area contributed by atoms with Crippen LogP contribution in [-0.4, -0.2) is 35.0 Å². The van der Waals surface area contributed by atoms with E-state index in [2.05, 4.69) is 5.32 Å². The Bertz CT molecular complexity index is 1180. The van der Waals surface area contributed by atoms with Gasteiger partial charge in [0.2, 0.25) is 0 Å². The minimum atomic E-state index is -1.09. The van der Waals surface area contributed by atoms with Crippen molar-refractivity contribution in [3.05, 3.63) is 88.2 Å². The van der Waals surface area contributed by atoms with Crippen LogP contribution in [0.4, 0.5) is 10.1 Å². The first-order chi connectivity index (χ1) is 15.6. The number of nitrogens with zero attached hydrogens (tertiary/aromatic N) is 1. The van der Waals surface area contributed by atoms with Crippen LogP contribution in [0.15, 0.2) is 60.7 Å². The quantitative estimate of drug-likeness (QED) is 0.435. The third-order valence-electron chi connectivity index (χ3n) is 5.75. The Morgan fingerprint density at radius 2 is 1.73 bits per heavy atom. The van der Waals surface area contributed by atoms with E-state index in [-0.39, 0.29) is 6.04 Å². The monoisotopic (exact) mass is 468 g/mol. The lowest BCUT2D eigenvalue weighted by Gasteiger charge is -2.21. The zero-order valence-electron chi connectivity index (χ0n) is 18.9. The van der Waals surface area contributed by atoms with E-state index >= 15 is 4.39 Å². The summed E-state index contributed by atoms with van der Waals surface area (Å²) >= 11 is 6.11. The summed E-state index contributed by atoms with van der Waals surface area (Å²) in [6.45, 7) is 5.31. The molecule has 33 heavy (non-hydrogen) atoms. The minimum Gasteiger partial charge on any atom is -0.480 e. The second-order valence-corrected chi connectivity index (χ2v) is 8.46. The number of hydrogen-bond acceptors (Lipinski definition) is 3. The molecule has 0 bridgehead atoms. The van der Waals surface area contributed by atoms with E-state index in [1.165, 1.54) is 14.0 Å². The molecule has 7 heteroatoms. The highest BCUT2D eigenvalue weighted by atomic mass is 35.5. The number of benzene rings is 3. The zero-order chi connectivity index (χ0) is 24.3. The van der Waals surface area contributed by atoms with E-state index in [9.17, 15) is 9.59 Å². The summed E-state index contributed by atoms with van der Waals surface area (Å²) in [5.41, 5.74) is 3.64. The van der Waals surface area contributed by atoms with Gasteiger partial charge in [0.05, 0.1) is 5.69 Å². The number of amides is 1. The molecule has 0 aliphatic rings. The summed E-state index contributed by atoms with van der Waals surface area (Å²) in [5, 5.41) is 13.0. The molecule has 0 aliphatic carbocycles. The molecule has 1 unspecified atom stereocenters. The highest BCUT2D eigenvalue weighted by Crippen LogP contribution is 2.31. The van der Waals surface area contributed by atoms with Crippen LogP contribution in [0.3, 0.4) is 0 Å². The number of likely N-dealkylation sites (N-methyl/N-ethyl adjacent to an activating group) is 1. The number of hydrogen-bond donors (Lipinski definition) is 2. The second-order valence-electron chi connectivity index (χ2n) is 8.05. The molecule has 0 saturated heterocycles. The van der Waals surface area contributed by atoms with Crippen molar-refractivity contribution in [3.8, 4) is 11.1 Å². The second kappa shape index (κ2) is 10.0. The smallest absolute Gasteiger partial charge is 0.326 e. The van der Waals surface area contributed by atoms with Gasteiger partial charge < -0.3 is 15.3 Å². The molecule has 0 heterocycles. The van der Waals surface area contributed by atoms with Crippen LogP contribution in [0, 0.1) is 12.7 Å². The van der Waals surface area contributed by atoms with Gasteiger partial charge in [0.1, 0.15) is 6.04 Å². The first-order valence-electron chi connectivity index (χ1n) is 10.5. The van der Waals surface area contributed by atoms with Gasteiger partial charge in [-0.2, -0.15) is 0 Å². The average molecular weight is 469 g/mol. The Morgan fingerprint density at radius 1 is 1.06 bits per heavy atom. The molecule has 0 aliphatic heterocycles. The Balaban J connectivity index is 1.82. The number of carboxylic acids is 1. The molecule has 3 rings (SSSR count). The number of carbonyl (C=O) groups is 2. The standard InChI is InChI=1S/C26H26ClFN2O3/c1-15-14-20(12-13-22(15)27)16(2)29-23-7-5-6-21(24(23)28)18-8-10-19(11-9-18)25(31)30(4)17(3)26(32)33/h5-14,16-17,29H,1-4H3,(H,32,33)/t16?,17-/m0/s1. The zero-order valence-corrected chi connectivity index (χ0v) is 19.7. The maximum Gasteiger partial charge on any atom is 0.326 e. The largest absolute Gasteiger partial charge is 0.480 e. The van der Waals surface area contributed by atoms with Crippen molar-refractivity contribution in [1.29, 1.82) is 0 Å². The fourth-order valence-corrected chi connectivity index (χ4v) is 3.58. The number of aryl methyl sites for hydroxylation is 1. The van der Waals surface area contributed by atoms with Crippen molar-refractivity contribution in [2.24, 2.45) is 0 Å². The van der Waals surface area contributed by atoms with Crippen LogP contribution in [0.5, 0.6) is 0 Å². The third kappa shape index (κ3) is 5.34. The number of carboxylic acid groups (broad SMARTS) is 1. The van der Waals surface area contributed by atoms with E-state index in [0.717, 1.165) is 16.0 Å². The molecule has 2 N–H and O–H groups in total. The number of aliphatic carboxylic acids is 1. The number of nitrogens with one attached hydrogen (secondary N) is 1. The van der Waals surface area contributed by atoms with Crippen molar-refractivity contribution >= 4 is 29.2 Å². The Hall–Kier alpha value is -3.38. The first-order valence-corrected chi connectivity index (χ1v) is 10.9. The van der Waals surface area contributed by atoms with Gasteiger partial charge in [-0.1, -0.05) is 48.0 Å². The van der Waals surface area contributed by atoms with Crippen LogP contribution in [0.1, 0.15) is 41.4 Å². The molecule has 172 valence electrons. The fraction of sp³-hybridized carbons (Fsp3) is 0.231. The summed E-state index contributed by atoms with van der Waals surface area (Å²) in [6.07, 6.45) is 0. The topological polar surface area (TPSA) is 69.6 Å². The molecule has 0 spiro atoms. The van der Waals surface area contributed by atoms with Gasteiger partial charge >= 0.3 is 5.97 Å². The van der Waals surface area contributed by atoms with Gasteiger partial charge in [-0.3, -0.25) is 4.79 Å². The summed E-state index contributed by atoms with van der Waals surface area (Å²) in [7, 11) is 1.44. The Labute approximate surface area is 197 Å². The molecule has 3 aromatic rings. The van der Waals surface area contributed by atoms with Crippen LogP contribution in [0.2, 0.25) is 5.02 Å². The molecule has 0 fully saturated rings. The van der Waals surface area contributed by atoms with E-state index in [1.807, 2.05) is 32.0 Å². The maximum absolute atomic E-state index is 15.3. The predicted octanol–water partition coefficient (Wildman–Crippen LogP) is 6.17. The molecular formula is C26H26ClFN2O3. The highest BCUT2D eigenvalue weighted by molar-refractivity contribution is 6.31. The summed E-state index contributed by atoms with van der Waals surface area (Å²) in [5.74, 6) is -1.90. The molecule has 0 saturated carbocycles. The van der Waals surface area contributed by atoms with Crippen molar-refractivity contribution in [3.63, 3.8) is 0 Å². The lowest BCUT2D eigenvalue weighted by molar-refractivity contribution is -0.141. The third-order valence-corrected chi connectivity index (χ3v) is 6.18. The number of rotatable bonds is 7. The van der Waals surface area contributed by atoms with Gasteiger partial charge in [0, 0.05) is 29.2 Å². The molecule has 1 amide bonds. The van der Waals surface area contributed by atoms with Crippen LogP contribution in [0.25, 0.3) is 11.1 Å². The lowest BCUT2D eigenvalue weighted by Crippen LogP contribution is -2.40. The summed E-state index contributed by atoms with van der Waals surface area (Å²) in [4.78, 5) is 24.8. The van der Waals surface area contributed by atoms with Crippen molar-refractivity contribution in [2.75, 3.05) is 12.4 Å². The van der Waals surface area contributed by atoms with Crippen molar-refractivity contribution in [2.45, 2.75) is 32.9 Å². The SMILES string of the molecule is Cc1cc(C(C)Nc2cccc(-c3ccc(C(=O)N(C)[C@@H](C)C(=O)O)cc3)c2F)ccc1Cl. The molecular weight excluding hydrogens is 443 g/mol. The maximum atomic E-state index is 15.3. The first kappa shape index (κ1) is 24.3. The molecule has 0 aromatic heterocycles. The molecule has 5 nitrogen and oxygen atoms in total. The highest BCUT2D eigenvalue weighted by Gasteiger charge is 2.23. The van der Waals surface area contributed by atoms with Gasteiger partial charge in [-0.05, 0) is 61.7 Å². The fourth-order valence-electron chi connectivity index (χ4n) is 3.46. The van der Waals surface area contributed by atoms with E-state index in [1.54, 1.807) is 42.5 Å². The van der Waals surface area contributed by atoms with Gasteiger partial charge in [0.25, 0.3) is 5.91 Å². The van der Waals surface area contributed by atoms with Crippen LogP contribution >= 0.6 is 11.6 Å². The summed E-state index contributed by atoms with van der Waals surface area (Å²) < 4.78 is 15.3. The van der Waals surface area contributed by atoms with Crippen LogP contribution < -0.4 is 5.32 Å². The van der Waals surface area contributed by atoms with E-state index in [4.69, 9.17) is 16.7 Å². The van der Waals surface area contributed by atoms with Gasteiger partial charge in [-0.25, -0.2) is 9.18 Å². The Kier molecular flexibility index (Phi) is 7.39. The number of halogens is 2. The molecule has 0 radical (unpaired) electrons. The van der Waals surface area contributed by atoms with E-state index in [0.29, 0.717) is 27.4 Å². The van der Waals surface area contributed by atoms with Crippen molar-refractivity contribution < 1.29 is 19.1 Å². The van der Waals surface area contributed by atoms with Crippen LogP contribution in [-0.2, 0) is 4.79 Å². The summed E-state index contributed by atoms with van der Waals surface area (Å²) in [6, 6.07) is 16.2. The minimum absolute atomic E-state index is 0.141. The van der Waals surface area contributed by atoms with Gasteiger partial charge in [0.15, 0.2) is 5.82 Å². The van der Waals surface area contributed by atoms with Crippen molar-refractivity contribution in [1.82, 2.24) is 4.90 Å². The predicted molar refractivity (Wildman–Crippen MR) is 129 cm³/mol. The number of anilines is 1. The van der Waals surface area contributed by atoms with Gasteiger partial charge in [-0.15, -0.1) is 0 Å². The Morgan fingerprint density at radius 3 is 2.33 bits per heavy atom. The molecule has 2 atom stereocenters. The average Bonchev–Trinajstić information content (AvgIpc) is 2.80. The lowest BCUT2D eigenvalue weighted by atomic mass is 10.0. The van der Waals surface area contributed by atoms with E-state index < -0.39 is 23.7 Å². The number of carbonyl (C=O) groups excluding carboxylic acids is 1. The molecule has 3 aromatic carbocycles.